The monoisotopic (exact) mass is 324 g/mol. The van der Waals surface area contributed by atoms with Gasteiger partial charge < -0.3 is 15.7 Å². The number of rotatable bonds is 4. The summed E-state index contributed by atoms with van der Waals surface area (Å²) in [4.78, 5) is 12.5. The van der Waals surface area contributed by atoms with Crippen molar-refractivity contribution in [2.45, 2.75) is 38.5 Å². The van der Waals surface area contributed by atoms with Crippen molar-refractivity contribution >= 4 is 6.03 Å². The molecular weight excluding hydrogens is 300 g/mol. The summed E-state index contributed by atoms with van der Waals surface area (Å²) in [6.07, 6.45) is -0.00433. The number of hydrogen-bond donors (Lipinski definition) is 3. The zero-order valence-electron chi connectivity index (χ0n) is 14.1. The van der Waals surface area contributed by atoms with Gasteiger partial charge in [-0.1, -0.05) is 68.4 Å². The smallest absolute Gasteiger partial charge is 0.315 e. The maximum absolute atomic E-state index is 12.5. The zero-order valence-corrected chi connectivity index (χ0v) is 14.1. The predicted octanol–water partition coefficient (Wildman–Crippen LogP) is 3.34. The molecule has 0 bridgehead atoms. The summed E-state index contributed by atoms with van der Waals surface area (Å²) in [7, 11) is 0. The van der Waals surface area contributed by atoms with E-state index in [1.807, 2.05) is 54.6 Å². The molecule has 0 saturated heterocycles. The first-order chi connectivity index (χ1) is 11.6. The first kappa shape index (κ1) is 16.5. The van der Waals surface area contributed by atoms with Gasteiger partial charge in [-0.3, -0.25) is 0 Å². The van der Waals surface area contributed by atoms with Gasteiger partial charge in [-0.25, -0.2) is 4.79 Å². The largest absolute Gasteiger partial charge is 0.390 e. The average Bonchev–Trinajstić information content (AvgIpc) is 2.89. The Balaban J connectivity index is 1.71. The van der Waals surface area contributed by atoms with Gasteiger partial charge in [-0.05, 0) is 22.6 Å². The van der Waals surface area contributed by atoms with Crippen molar-refractivity contribution < 1.29 is 9.90 Å². The Morgan fingerprint density at radius 2 is 1.75 bits per heavy atom. The lowest BCUT2D eigenvalue weighted by Crippen LogP contribution is -2.43. The average molecular weight is 324 g/mol. The number of amides is 2. The van der Waals surface area contributed by atoms with E-state index in [0.717, 1.165) is 16.7 Å². The van der Waals surface area contributed by atoms with Gasteiger partial charge in [0.15, 0.2) is 0 Å². The molecule has 4 nitrogen and oxygen atoms in total. The zero-order chi connectivity index (χ0) is 17.1. The lowest BCUT2D eigenvalue weighted by atomic mass is 9.96. The van der Waals surface area contributed by atoms with E-state index < -0.39 is 6.10 Å². The first-order valence-electron chi connectivity index (χ1n) is 8.44. The van der Waals surface area contributed by atoms with E-state index in [2.05, 4.69) is 24.5 Å². The lowest BCUT2D eigenvalue weighted by molar-refractivity contribution is 0.141. The third-order valence-electron chi connectivity index (χ3n) is 4.60. The molecule has 0 saturated carbocycles. The minimum absolute atomic E-state index is 0.0695. The first-order valence-corrected chi connectivity index (χ1v) is 8.44. The molecule has 0 fully saturated rings. The van der Waals surface area contributed by atoms with Crippen molar-refractivity contribution in [2.24, 2.45) is 5.92 Å². The van der Waals surface area contributed by atoms with Crippen LogP contribution in [0.2, 0.25) is 0 Å². The third-order valence-corrected chi connectivity index (χ3v) is 4.60. The molecule has 0 spiro atoms. The molecule has 0 aromatic heterocycles. The van der Waals surface area contributed by atoms with Crippen LogP contribution >= 0.6 is 0 Å². The standard InChI is InChI=1S/C20H24N2O2/c1-13(2)18(14-8-4-3-5-9-14)21-20(24)22-19-16-11-7-6-10-15(16)12-17(19)23/h3-11,13,17-19,23H,12H2,1-2H3,(H2,21,22,24). The molecule has 3 N–H and O–H groups in total. The highest BCUT2D eigenvalue weighted by atomic mass is 16.3. The van der Waals surface area contributed by atoms with Crippen LogP contribution in [0.5, 0.6) is 0 Å². The quantitative estimate of drug-likeness (QED) is 0.808. The summed E-state index contributed by atoms with van der Waals surface area (Å²) in [5.41, 5.74) is 3.18. The molecule has 1 aliphatic rings. The highest BCUT2D eigenvalue weighted by Gasteiger charge is 2.32. The number of carbonyl (C=O) groups excluding carboxylic acids is 1. The number of fused-ring (bicyclic) bond motifs is 1. The number of nitrogens with one attached hydrogen (secondary N) is 2. The highest BCUT2D eigenvalue weighted by Crippen LogP contribution is 2.31. The molecule has 0 heterocycles. The summed E-state index contributed by atoms with van der Waals surface area (Å²) in [6, 6.07) is 17.1. The van der Waals surface area contributed by atoms with E-state index in [9.17, 15) is 9.90 Å². The molecule has 1 aliphatic carbocycles. The molecule has 2 aromatic rings. The van der Waals surface area contributed by atoms with Gasteiger partial charge in [0.2, 0.25) is 0 Å². The van der Waals surface area contributed by atoms with Crippen LogP contribution in [0.3, 0.4) is 0 Å². The highest BCUT2D eigenvalue weighted by molar-refractivity contribution is 5.75. The number of carbonyl (C=O) groups is 1. The SMILES string of the molecule is CC(C)C(NC(=O)NC1c2ccccc2CC1O)c1ccccc1. The number of aliphatic hydroxyl groups excluding tert-OH is 1. The van der Waals surface area contributed by atoms with Gasteiger partial charge in [0.05, 0.1) is 18.2 Å². The van der Waals surface area contributed by atoms with Crippen LogP contribution in [0.25, 0.3) is 0 Å². The molecule has 0 aliphatic heterocycles. The Labute approximate surface area is 142 Å². The summed E-state index contributed by atoms with van der Waals surface area (Å²) < 4.78 is 0. The summed E-state index contributed by atoms with van der Waals surface area (Å²) in [5.74, 6) is 0.263. The molecule has 4 heteroatoms. The Kier molecular flexibility index (Phi) is 4.86. The topological polar surface area (TPSA) is 61.4 Å². The van der Waals surface area contributed by atoms with Gasteiger partial charge in [0.1, 0.15) is 0 Å². The van der Waals surface area contributed by atoms with Crippen LogP contribution in [0.15, 0.2) is 54.6 Å². The van der Waals surface area contributed by atoms with Crippen LogP contribution in [0.1, 0.15) is 42.6 Å². The van der Waals surface area contributed by atoms with Gasteiger partial charge >= 0.3 is 6.03 Å². The van der Waals surface area contributed by atoms with Crippen LogP contribution in [0, 0.1) is 5.92 Å². The van der Waals surface area contributed by atoms with E-state index in [0.29, 0.717) is 6.42 Å². The maximum Gasteiger partial charge on any atom is 0.315 e. The minimum atomic E-state index is -0.581. The van der Waals surface area contributed by atoms with Gasteiger partial charge in [0, 0.05) is 6.42 Å². The number of aliphatic hydroxyl groups is 1. The second-order valence-corrected chi connectivity index (χ2v) is 6.70. The van der Waals surface area contributed by atoms with Crippen molar-refractivity contribution in [3.8, 4) is 0 Å². The van der Waals surface area contributed by atoms with Crippen molar-refractivity contribution in [1.82, 2.24) is 10.6 Å². The Hall–Kier alpha value is -2.33. The van der Waals surface area contributed by atoms with Crippen molar-refractivity contribution in [1.29, 1.82) is 0 Å². The lowest BCUT2D eigenvalue weighted by Gasteiger charge is -2.25. The summed E-state index contributed by atoms with van der Waals surface area (Å²) in [5, 5.41) is 16.3. The molecule has 0 radical (unpaired) electrons. The fraction of sp³-hybridized carbons (Fsp3) is 0.350. The second-order valence-electron chi connectivity index (χ2n) is 6.70. The fourth-order valence-electron chi connectivity index (χ4n) is 3.37. The van der Waals surface area contributed by atoms with Gasteiger partial charge in [-0.2, -0.15) is 0 Å². The maximum atomic E-state index is 12.5. The molecule has 2 amide bonds. The molecule has 3 unspecified atom stereocenters. The van der Waals surface area contributed by atoms with Crippen LogP contribution in [-0.4, -0.2) is 17.2 Å². The van der Waals surface area contributed by atoms with E-state index in [-0.39, 0.29) is 24.0 Å². The van der Waals surface area contributed by atoms with Crippen molar-refractivity contribution in [2.75, 3.05) is 0 Å². The van der Waals surface area contributed by atoms with Crippen molar-refractivity contribution in [3.63, 3.8) is 0 Å². The third kappa shape index (κ3) is 3.44. The minimum Gasteiger partial charge on any atom is -0.390 e. The predicted molar refractivity (Wildman–Crippen MR) is 94.6 cm³/mol. The van der Waals surface area contributed by atoms with Gasteiger partial charge in [0.25, 0.3) is 0 Å². The number of benzene rings is 2. The molecule has 3 atom stereocenters. The summed E-state index contributed by atoms with van der Waals surface area (Å²) in [6.45, 7) is 4.16. The van der Waals surface area contributed by atoms with Crippen LogP contribution in [0.4, 0.5) is 4.79 Å². The van der Waals surface area contributed by atoms with Crippen LogP contribution < -0.4 is 10.6 Å². The number of urea groups is 1. The Morgan fingerprint density at radius 3 is 2.46 bits per heavy atom. The fourth-order valence-corrected chi connectivity index (χ4v) is 3.37. The van der Waals surface area contributed by atoms with E-state index >= 15 is 0 Å². The molecule has 126 valence electrons. The Bertz CT molecular complexity index is 694. The molecule has 2 aromatic carbocycles. The van der Waals surface area contributed by atoms with Crippen LogP contribution in [-0.2, 0) is 6.42 Å². The Morgan fingerprint density at radius 1 is 1.08 bits per heavy atom. The molecular formula is C20H24N2O2. The van der Waals surface area contributed by atoms with Crippen molar-refractivity contribution in [3.05, 3.63) is 71.3 Å². The number of hydrogen-bond acceptors (Lipinski definition) is 2. The molecule has 24 heavy (non-hydrogen) atoms. The van der Waals surface area contributed by atoms with Gasteiger partial charge in [-0.15, -0.1) is 0 Å². The van der Waals surface area contributed by atoms with E-state index in [4.69, 9.17) is 0 Å². The van der Waals surface area contributed by atoms with E-state index in [1.165, 1.54) is 0 Å². The molecule has 3 rings (SSSR count). The van der Waals surface area contributed by atoms with E-state index in [1.54, 1.807) is 0 Å². The normalized spacial score (nSPS) is 20.5. The summed E-state index contributed by atoms with van der Waals surface area (Å²) >= 11 is 0. The second kappa shape index (κ2) is 7.05.